The number of hydrogen-bond acceptors (Lipinski definition) is 8. The van der Waals surface area contributed by atoms with E-state index in [4.69, 9.17) is 14.2 Å². The van der Waals surface area contributed by atoms with Crippen molar-refractivity contribution in [2.45, 2.75) is 137 Å². The van der Waals surface area contributed by atoms with Crippen molar-refractivity contribution in [3.63, 3.8) is 0 Å². The largest absolute Gasteiger partial charge is 0.494 e. The number of alkyl carbamates (subject to hydrolysis) is 1. The predicted molar refractivity (Wildman–Crippen MR) is 174 cm³/mol. The summed E-state index contributed by atoms with van der Waals surface area (Å²) < 4.78 is 16.5. The topological polar surface area (TPSA) is 152 Å². The highest BCUT2D eigenvalue weighted by Gasteiger charge is 2.29. The maximum atomic E-state index is 13.1. The summed E-state index contributed by atoms with van der Waals surface area (Å²) in [5.41, 5.74) is -0.429. The lowest BCUT2D eigenvalue weighted by Gasteiger charge is -2.28. The molecule has 1 rings (SSSR count). The average Bonchev–Trinajstić information content (AvgIpc) is 2.90. The molecule has 0 saturated heterocycles. The van der Waals surface area contributed by atoms with Gasteiger partial charge in [-0.25, -0.2) is 4.79 Å². The third-order valence-corrected chi connectivity index (χ3v) is 6.61. The number of amides is 3. The first-order valence-electron chi connectivity index (χ1n) is 16.1. The van der Waals surface area contributed by atoms with Crippen LogP contribution in [0.4, 0.5) is 4.79 Å². The van der Waals surface area contributed by atoms with Gasteiger partial charge in [0.15, 0.2) is 0 Å². The molecule has 1 aromatic carbocycles. The standard InChI is InChI=1S/C34H57N3O8/c1-10-11-18-35-30(40)23(2)20-28(38)27(37-31(41)24(3)36-32(42)45-34(7,8)9)22-25-15-14-16-26(21-25)43-19-13-12-17-29(39)44-33(4,5)6/h14-16,21,23-24,27-28,38H,10-13,17-20,22H2,1-9H3,(H,35,40)(H,36,42)(H,37,41)/t23?,24-,27?,28?/m0/s1. The number of rotatable bonds is 18. The second-order valence-electron chi connectivity index (χ2n) is 13.6. The molecule has 0 aliphatic rings. The number of esters is 1. The van der Waals surface area contributed by atoms with Crippen molar-refractivity contribution < 1.29 is 38.5 Å². The average molecular weight is 636 g/mol. The Hall–Kier alpha value is -3.34. The molecule has 1 aromatic rings. The Kier molecular flexibility index (Phi) is 17.0. The normalized spacial score (nSPS) is 14.4. The summed E-state index contributed by atoms with van der Waals surface area (Å²) in [6.07, 6.45) is 2.05. The third-order valence-electron chi connectivity index (χ3n) is 6.61. The number of aliphatic hydroxyl groups excluding tert-OH is 1. The molecule has 0 bridgehead atoms. The van der Waals surface area contributed by atoms with Crippen LogP contribution in [0.2, 0.25) is 0 Å². The van der Waals surface area contributed by atoms with Crippen LogP contribution in [0.1, 0.15) is 106 Å². The van der Waals surface area contributed by atoms with Crippen LogP contribution >= 0.6 is 0 Å². The maximum absolute atomic E-state index is 13.1. The fourth-order valence-electron chi connectivity index (χ4n) is 4.31. The van der Waals surface area contributed by atoms with E-state index in [9.17, 15) is 24.3 Å². The Morgan fingerprint density at radius 3 is 2.18 bits per heavy atom. The fourth-order valence-corrected chi connectivity index (χ4v) is 4.31. The number of carbonyl (C=O) groups excluding carboxylic acids is 4. The van der Waals surface area contributed by atoms with E-state index in [1.54, 1.807) is 27.7 Å². The quantitative estimate of drug-likeness (QED) is 0.132. The molecule has 4 N–H and O–H groups in total. The molecule has 0 radical (unpaired) electrons. The Morgan fingerprint density at radius 2 is 1.56 bits per heavy atom. The van der Waals surface area contributed by atoms with Crippen molar-refractivity contribution in [1.29, 1.82) is 0 Å². The van der Waals surface area contributed by atoms with Crippen molar-refractivity contribution in [2.75, 3.05) is 13.2 Å². The Balaban J connectivity index is 2.91. The molecule has 45 heavy (non-hydrogen) atoms. The van der Waals surface area contributed by atoms with Crippen molar-refractivity contribution in [1.82, 2.24) is 16.0 Å². The van der Waals surface area contributed by atoms with E-state index in [2.05, 4.69) is 16.0 Å². The summed E-state index contributed by atoms with van der Waals surface area (Å²) in [7, 11) is 0. The van der Waals surface area contributed by atoms with Crippen LogP contribution in [-0.4, -0.2) is 71.5 Å². The lowest BCUT2D eigenvalue weighted by molar-refractivity contribution is -0.155. The van der Waals surface area contributed by atoms with Crippen molar-refractivity contribution in [3.05, 3.63) is 29.8 Å². The fraction of sp³-hybridized carbons (Fsp3) is 0.706. The van der Waals surface area contributed by atoms with E-state index in [0.29, 0.717) is 38.2 Å². The zero-order valence-electron chi connectivity index (χ0n) is 28.8. The highest BCUT2D eigenvalue weighted by Crippen LogP contribution is 2.19. The first-order chi connectivity index (χ1) is 20.9. The first kappa shape index (κ1) is 39.7. The van der Waals surface area contributed by atoms with Crippen molar-refractivity contribution >= 4 is 23.9 Å². The van der Waals surface area contributed by atoms with Gasteiger partial charge in [0.05, 0.1) is 18.8 Å². The van der Waals surface area contributed by atoms with Gasteiger partial charge in [0.25, 0.3) is 0 Å². The lowest BCUT2D eigenvalue weighted by atomic mass is 9.93. The summed E-state index contributed by atoms with van der Waals surface area (Å²) >= 11 is 0. The van der Waals surface area contributed by atoms with Gasteiger partial charge in [-0.1, -0.05) is 32.4 Å². The molecule has 0 heterocycles. The lowest BCUT2D eigenvalue weighted by Crippen LogP contribution is -2.53. The molecular formula is C34H57N3O8. The summed E-state index contributed by atoms with van der Waals surface area (Å²) in [6.45, 7) is 17.0. The first-order valence-corrected chi connectivity index (χ1v) is 16.1. The highest BCUT2D eigenvalue weighted by molar-refractivity contribution is 5.85. The van der Waals surface area contributed by atoms with Gasteiger partial charge in [0, 0.05) is 18.9 Å². The van der Waals surface area contributed by atoms with Gasteiger partial charge in [-0.3, -0.25) is 14.4 Å². The summed E-state index contributed by atoms with van der Waals surface area (Å²) in [6, 6.07) is 5.66. The Labute approximate surface area is 269 Å². The van der Waals surface area contributed by atoms with E-state index in [1.807, 2.05) is 52.0 Å². The Bertz CT molecular complexity index is 1080. The molecular weight excluding hydrogens is 578 g/mol. The predicted octanol–water partition coefficient (Wildman–Crippen LogP) is 4.82. The minimum Gasteiger partial charge on any atom is -0.494 e. The zero-order chi connectivity index (χ0) is 34.2. The minimum absolute atomic E-state index is 0.130. The molecule has 0 aliphatic heterocycles. The maximum Gasteiger partial charge on any atom is 0.408 e. The van der Waals surface area contributed by atoms with Crippen LogP contribution in [0.15, 0.2) is 24.3 Å². The minimum atomic E-state index is -1.05. The van der Waals surface area contributed by atoms with Crippen LogP contribution in [0.5, 0.6) is 5.75 Å². The molecule has 0 fully saturated rings. The summed E-state index contributed by atoms with van der Waals surface area (Å²) in [4.78, 5) is 49.8. The molecule has 256 valence electrons. The smallest absolute Gasteiger partial charge is 0.408 e. The molecule has 0 aliphatic carbocycles. The van der Waals surface area contributed by atoms with E-state index in [-0.39, 0.29) is 24.7 Å². The second kappa shape index (κ2) is 19.2. The van der Waals surface area contributed by atoms with Gasteiger partial charge < -0.3 is 35.3 Å². The van der Waals surface area contributed by atoms with E-state index in [1.165, 1.54) is 6.92 Å². The number of hydrogen-bond donors (Lipinski definition) is 4. The molecule has 11 heteroatoms. The van der Waals surface area contributed by atoms with Crippen LogP contribution < -0.4 is 20.7 Å². The van der Waals surface area contributed by atoms with Crippen molar-refractivity contribution in [3.8, 4) is 5.75 Å². The van der Waals surface area contributed by atoms with Gasteiger partial charge in [0.1, 0.15) is 23.0 Å². The number of carbonyl (C=O) groups is 4. The molecule has 0 saturated carbocycles. The molecule has 4 atom stereocenters. The molecule has 0 spiro atoms. The van der Waals surface area contributed by atoms with Crippen LogP contribution in [0, 0.1) is 5.92 Å². The summed E-state index contributed by atoms with van der Waals surface area (Å²) in [5, 5.41) is 19.5. The van der Waals surface area contributed by atoms with Crippen LogP contribution in [0.3, 0.4) is 0 Å². The highest BCUT2D eigenvalue weighted by atomic mass is 16.6. The van der Waals surface area contributed by atoms with E-state index >= 15 is 0 Å². The second-order valence-corrected chi connectivity index (χ2v) is 13.6. The van der Waals surface area contributed by atoms with E-state index in [0.717, 1.165) is 18.4 Å². The van der Waals surface area contributed by atoms with Gasteiger partial charge in [0.2, 0.25) is 11.8 Å². The molecule has 3 unspecified atom stereocenters. The summed E-state index contributed by atoms with van der Waals surface area (Å²) in [5.74, 6) is -0.756. The van der Waals surface area contributed by atoms with Gasteiger partial charge in [-0.2, -0.15) is 0 Å². The number of unbranched alkanes of at least 4 members (excludes halogenated alkanes) is 2. The van der Waals surface area contributed by atoms with Gasteiger partial charge in [-0.05, 0) is 98.3 Å². The van der Waals surface area contributed by atoms with Gasteiger partial charge >= 0.3 is 12.1 Å². The number of nitrogens with one attached hydrogen (secondary N) is 3. The zero-order valence-corrected chi connectivity index (χ0v) is 28.8. The molecule has 0 aromatic heterocycles. The number of aliphatic hydroxyl groups is 1. The third kappa shape index (κ3) is 18.3. The molecule has 11 nitrogen and oxygen atoms in total. The van der Waals surface area contributed by atoms with Gasteiger partial charge in [-0.15, -0.1) is 0 Å². The SMILES string of the molecule is CCCCNC(=O)C(C)CC(O)C(Cc1cccc(OCCCCC(=O)OC(C)(C)C)c1)NC(=O)[C@H](C)NC(=O)OC(C)(C)C. The number of ether oxygens (including phenoxy) is 3. The van der Waals surface area contributed by atoms with Crippen LogP contribution in [-0.2, 0) is 30.3 Å². The number of benzene rings is 1. The Morgan fingerprint density at radius 1 is 0.889 bits per heavy atom. The van der Waals surface area contributed by atoms with Crippen molar-refractivity contribution in [2.24, 2.45) is 5.92 Å². The van der Waals surface area contributed by atoms with E-state index < -0.39 is 47.3 Å². The van der Waals surface area contributed by atoms with Crippen LogP contribution in [0.25, 0.3) is 0 Å². The monoisotopic (exact) mass is 635 g/mol. The molecule has 3 amide bonds.